The van der Waals surface area contributed by atoms with Crippen LogP contribution in [0.25, 0.3) is 20.2 Å². The number of hydrogen-bond donors (Lipinski definition) is 0. The van der Waals surface area contributed by atoms with Gasteiger partial charge in [-0.3, -0.25) is 0 Å². The normalized spacial score (nSPS) is 11.4. The first kappa shape index (κ1) is 23.9. The Morgan fingerprint density at radius 3 is 1.42 bits per heavy atom. The van der Waals surface area contributed by atoms with E-state index in [0.29, 0.717) is 0 Å². The average molecular weight is 441 g/mol. The zero-order valence-corrected chi connectivity index (χ0v) is 20.4. The van der Waals surface area contributed by atoms with Crippen molar-refractivity contribution in [1.29, 1.82) is 0 Å². The fraction of sp³-hybridized carbons (Fsp3) is 0.571. The predicted molar refractivity (Wildman–Crippen MR) is 137 cm³/mol. The van der Waals surface area contributed by atoms with Crippen molar-refractivity contribution in [1.82, 2.24) is 0 Å². The van der Waals surface area contributed by atoms with Gasteiger partial charge in [0.2, 0.25) is 0 Å². The maximum atomic E-state index is 6.02. The van der Waals surface area contributed by atoms with E-state index >= 15 is 0 Å². The third kappa shape index (κ3) is 7.71. The summed E-state index contributed by atoms with van der Waals surface area (Å²) in [5.41, 5.74) is 0. The maximum Gasteiger partial charge on any atom is 0.120 e. The first-order chi connectivity index (χ1) is 15.3. The molecule has 3 rings (SSSR count). The highest BCUT2D eigenvalue weighted by Gasteiger charge is 2.08. The van der Waals surface area contributed by atoms with Crippen molar-refractivity contribution in [2.75, 3.05) is 13.2 Å². The molecule has 3 heteroatoms. The van der Waals surface area contributed by atoms with E-state index in [1.807, 2.05) is 11.3 Å². The van der Waals surface area contributed by atoms with Crippen LogP contribution in [-0.2, 0) is 0 Å². The summed E-state index contributed by atoms with van der Waals surface area (Å²) in [6.45, 7) is 6.16. The van der Waals surface area contributed by atoms with E-state index in [2.05, 4.69) is 50.2 Å². The van der Waals surface area contributed by atoms with Gasteiger partial charge in [-0.15, -0.1) is 11.3 Å². The van der Waals surface area contributed by atoms with Gasteiger partial charge in [0, 0.05) is 20.2 Å². The lowest BCUT2D eigenvalue weighted by Gasteiger charge is -2.06. The minimum Gasteiger partial charge on any atom is -0.494 e. The molecule has 1 aromatic heterocycles. The Morgan fingerprint density at radius 1 is 0.548 bits per heavy atom. The molecule has 2 nitrogen and oxygen atoms in total. The van der Waals surface area contributed by atoms with Gasteiger partial charge in [-0.2, -0.15) is 0 Å². The van der Waals surface area contributed by atoms with Crippen molar-refractivity contribution >= 4 is 31.5 Å². The second kappa shape index (κ2) is 13.6. The molecular formula is C28H40O2S. The quantitative estimate of drug-likeness (QED) is 0.206. The SMILES string of the molecule is CCCCCCCCOc1ccc2c(c1)sc1cc(OCCCCCCCC)ccc12. The van der Waals surface area contributed by atoms with Crippen LogP contribution in [0.15, 0.2) is 36.4 Å². The Kier molecular flexibility index (Phi) is 10.5. The summed E-state index contributed by atoms with van der Waals surface area (Å²) in [7, 11) is 0. The van der Waals surface area contributed by atoms with Crippen LogP contribution in [0.1, 0.15) is 90.9 Å². The standard InChI is InChI=1S/C28H40O2S/c1-3-5-7-9-11-13-19-29-23-15-17-25-26-18-16-24(22-28(26)31-27(25)21-23)30-20-14-12-10-8-6-4-2/h15-18,21-22H,3-14,19-20H2,1-2H3. The van der Waals surface area contributed by atoms with E-state index in [-0.39, 0.29) is 0 Å². The number of fused-ring (bicyclic) bond motifs is 3. The van der Waals surface area contributed by atoms with Crippen LogP contribution in [-0.4, -0.2) is 13.2 Å². The Hall–Kier alpha value is -1.74. The first-order valence-corrected chi connectivity index (χ1v) is 13.4. The average Bonchev–Trinajstić information content (AvgIpc) is 3.15. The van der Waals surface area contributed by atoms with Gasteiger partial charge in [-0.05, 0) is 49.2 Å². The molecule has 0 bridgehead atoms. The predicted octanol–water partition coefficient (Wildman–Crippen LogP) is 9.53. The largest absolute Gasteiger partial charge is 0.494 e. The molecule has 0 saturated heterocycles. The van der Waals surface area contributed by atoms with Gasteiger partial charge >= 0.3 is 0 Å². The van der Waals surface area contributed by atoms with Crippen molar-refractivity contribution < 1.29 is 9.47 Å². The highest BCUT2D eigenvalue weighted by molar-refractivity contribution is 7.25. The smallest absolute Gasteiger partial charge is 0.120 e. The van der Waals surface area contributed by atoms with Crippen molar-refractivity contribution in [2.24, 2.45) is 0 Å². The molecule has 0 aliphatic heterocycles. The molecule has 170 valence electrons. The van der Waals surface area contributed by atoms with E-state index < -0.39 is 0 Å². The van der Waals surface area contributed by atoms with Crippen LogP contribution in [0.4, 0.5) is 0 Å². The minimum absolute atomic E-state index is 0.818. The van der Waals surface area contributed by atoms with E-state index in [1.54, 1.807) is 0 Å². The summed E-state index contributed by atoms with van der Waals surface area (Å²) in [4.78, 5) is 0. The van der Waals surface area contributed by atoms with Crippen molar-refractivity contribution in [2.45, 2.75) is 90.9 Å². The Morgan fingerprint density at radius 2 is 0.968 bits per heavy atom. The molecule has 0 unspecified atom stereocenters. The fourth-order valence-electron chi connectivity index (χ4n) is 4.06. The van der Waals surface area contributed by atoms with Gasteiger partial charge in [-0.1, -0.05) is 78.1 Å². The third-order valence-electron chi connectivity index (χ3n) is 5.95. The van der Waals surface area contributed by atoms with E-state index in [0.717, 1.165) is 37.6 Å². The molecule has 2 aromatic carbocycles. The van der Waals surface area contributed by atoms with Gasteiger partial charge < -0.3 is 9.47 Å². The maximum absolute atomic E-state index is 6.02. The molecule has 0 radical (unpaired) electrons. The monoisotopic (exact) mass is 440 g/mol. The molecule has 3 aromatic rings. The molecule has 0 atom stereocenters. The molecule has 0 aliphatic carbocycles. The number of hydrogen-bond acceptors (Lipinski definition) is 3. The van der Waals surface area contributed by atoms with Gasteiger partial charge in [0.25, 0.3) is 0 Å². The summed E-state index contributed by atoms with van der Waals surface area (Å²) >= 11 is 1.84. The lowest BCUT2D eigenvalue weighted by Crippen LogP contribution is -1.97. The molecule has 0 spiro atoms. The van der Waals surface area contributed by atoms with Crippen molar-refractivity contribution in [3.8, 4) is 11.5 Å². The highest BCUT2D eigenvalue weighted by atomic mass is 32.1. The lowest BCUT2D eigenvalue weighted by atomic mass is 10.1. The number of ether oxygens (including phenoxy) is 2. The van der Waals surface area contributed by atoms with Crippen molar-refractivity contribution in [3.63, 3.8) is 0 Å². The number of rotatable bonds is 16. The lowest BCUT2D eigenvalue weighted by molar-refractivity contribution is 0.304. The summed E-state index contributed by atoms with van der Waals surface area (Å²) in [6, 6.07) is 13.1. The van der Waals surface area contributed by atoms with Gasteiger partial charge in [0.1, 0.15) is 11.5 Å². The molecule has 31 heavy (non-hydrogen) atoms. The van der Waals surface area contributed by atoms with Gasteiger partial charge in [0.05, 0.1) is 13.2 Å². The number of benzene rings is 2. The molecule has 0 fully saturated rings. The van der Waals surface area contributed by atoms with E-state index in [4.69, 9.17) is 9.47 Å². The second-order valence-electron chi connectivity index (χ2n) is 8.65. The van der Waals surface area contributed by atoms with Gasteiger partial charge in [-0.25, -0.2) is 0 Å². The fourth-order valence-corrected chi connectivity index (χ4v) is 5.23. The minimum atomic E-state index is 0.818. The second-order valence-corrected chi connectivity index (χ2v) is 9.73. The zero-order valence-electron chi connectivity index (χ0n) is 19.6. The highest BCUT2D eigenvalue weighted by Crippen LogP contribution is 2.37. The summed E-state index contributed by atoms with van der Waals surface area (Å²) in [5.74, 6) is 1.99. The van der Waals surface area contributed by atoms with Crippen LogP contribution in [0.5, 0.6) is 11.5 Å². The van der Waals surface area contributed by atoms with Crippen LogP contribution < -0.4 is 9.47 Å². The summed E-state index contributed by atoms with van der Waals surface area (Å²) in [6.07, 6.45) is 15.5. The molecule has 0 amide bonds. The van der Waals surface area contributed by atoms with Crippen LogP contribution >= 0.6 is 11.3 Å². The number of unbranched alkanes of at least 4 members (excludes halogenated alkanes) is 10. The van der Waals surface area contributed by atoms with Crippen LogP contribution in [0.2, 0.25) is 0 Å². The topological polar surface area (TPSA) is 18.5 Å². The third-order valence-corrected chi connectivity index (χ3v) is 7.06. The van der Waals surface area contributed by atoms with Crippen molar-refractivity contribution in [3.05, 3.63) is 36.4 Å². The Labute approximate surface area is 193 Å². The van der Waals surface area contributed by atoms with Crippen LogP contribution in [0, 0.1) is 0 Å². The molecule has 0 aliphatic rings. The Bertz CT molecular complexity index is 826. The number of thiophene rings is 1. The van der Waals surface area contributed by atoms with E-state index in [9.17, 15) is 0 Å². The van der Waals surface area contributed by atoms with Gasteiger partial charge in [0.15, 0.2) is 0 Å². The molecule has 1 heterocycles. The first-order valence-electron chi connectivity index (χ1n) is 12.5. The zero-order chi connectivity index (χ0) is 21.7. The molecule has 0 N–H and O–H groups in total. The van der Waals surface area contributed by atoms with E-state index in [1.165, 1.54) is 84.4 Å². The Balaban J connectivity index is 1.49. The molecular weight excluding hydrogens is 400 g/mol. The van der Waals surface area contributed by atoms with Crippen LogP contribution in [0.3, 0.4) is 0 Å². The summed E-state index contributed by atoms with van der Waals surface area (Å²) in [5, 5.41) is 2.63. The molecule has 0 saturated carbocycles. The summed E-state index contributed by atoms with van der Waals surface area (Å²) < 4.78 is 14.6.